The Balaban J connectivity index is 1.45. The fraction of sp³-hybridized carbons (Fsp3) is 0.481. The van der Waals surface area contributed by atoms with Crippen LogP contribution in [0.1, 0.15) is 54.8 Å². The molecule has 2 aliphatic heterocycles. The molecule has 2 N–H and O–H groups in total. The number of carboxylic acid groups (broad SMARTS) is 1. The summed E-state index contributed by atoms with van der Waals surface area (Å²) in [5, 5.41) is 14.4. The average molecular weight is 591 g/mol. The van der Waals surface area contributed by atoms with Crippen LogP contribution in [0.15, 0.2) is 46.0 Å². The van der Waals surface area contributed by atoms with E-state index in [4.69, 9.17) is 9.73 Å². The lowest BCUT2D eigenvalue weighted by Crippen LogP contribution is -2.54. The van der Waals surface area contributed by atoms with Gasteiger partial charge in [-0.25, -0.2) is 26.9 Å². The molecule has 5 rings (SSSR count). The summed E-state index contributed by atoms with van der Waals surface area (Å²) in [7, 11) is -2.36. The predicted octanol–water partition coefficient (Wildman–Crippen LogP) is 3.40. The van der Waals surface area contributed by atoms with Crippen molar-refractivity contribution in [2.45, 2.75) is 50.8 Å². The van der Waals surface area contributed by atoms with Crippen LogP contribution in [0.3, 0.4) is 0 Å². The third-order valence-corrected chi connectivity index (χ3v) is 11.2. The topological polar surface area (TPSA) is 138 Å². The Labute approximate surface area is 236 Å². The molecule has 0 amide bonds. The molecule has 1 atom stereocenters. The lowest BCUT2D eigenvalue weighted by atomic mass is 9.70. The van der Waals surface area contributed by atoms with Crippen molar-refractivity contribution in [3.8, 4) is 0 Å². The number of nitrogens with one attached hydrogen (secondary N) is 1. The third-order valence-electron chi connectivity index (χ3n) is 8.16. The number of methoxy groups -OCH3 is 1. The van der Waals surface area contributed by atoms with Gasteiger partial charge >= 0.3 is 11.9 Å². The minimum absolute atomic E-state index is 0.0934. The van der Waals surface area contributed by atoms with Gasteiger partial charge in [0.1, 0.15) is 11.9 Å². The van der Waals surface area contributed by atoms with E-state index in [1.54, 1.807) is 26.1 Å². The average Bonchev–Trinajstić information content (AvgIpc) is 3.45. The van der Waals surface area contributed by atoms with Crippen LogP contribution in [-0.4, -0.2) is 66.0 Å². The Morgan fingerprint density at radius 3 is 2.52 bits per heavy atom. The van der Waals surface area contributed by atoms with E-state index in [-0.39, 0.29) is 31.8 Å². The van der Waals surface area contributed by atoms with Crippen molar-refractivity contribution in [1.29, 1.82) is 0 Å². The smallest absolute Gasteiger partial charge is 0.338 e. The Hall–Kier alpha value is -3.16. The number of hydrogen-bond acceptors (Lipinski definition) is 9. The van der Waals surface area contributed by atoms with Crippen LogP contribution in [0, 0.1) is 24.1 Å². The quantitative estimate of drug-likeness (QED) is 0.468. The van der Waals surface area contributed by atoms with E-state index in [0.717, 1.165) is 0 Å². The summed E-state index contributed by atoms with van der Waals surface area (Å²) in [5.74, 6) is -1.68. The number of thiazole rings is 1. The normalized spacial score (nSPS) is 26.1. The summed E-state index contributed by atoms with van der Waals surface area (Å²) < 4.78 is 47.1. The molecule has 3 aliphatic rings. The number of nitrogens with zero attached hydrogens (tertiary/aromatic N) is 3. The van der Waals surface area contributed by atoms with Crippen molar-refractivity contribution >= 4 is 39.1 Å². The van der Waals surface area contributed by atoms with Gasteiger partial charge in [-0.15, -0.1) is 11.3 Å². The van der Waals surface area contributed by atoms with E-state index >= 15 is 0 Å². The molecule has 1 saturated heterocycles. The number of ether oxygens (including phenoxy) is 1. The first-order valence-corrected chi connectivity index (χ1v) is 15.4. The van der Waals surface area contributed by atoms with Crippen LogP contribution in [0.4, 0.5) is 4.39 Å². The van der Waals surface area contributed by atoms with Crippen LogP contribution in [0.25, 0.3) is 0 Å². The highest BCUT2D eigenvalue weighted by molar-refractivity contribution is 7.89. The molecular formula is C27H31FN4O6S2. The van der Waals surface area contributed by atoms with Crippen LogP contribution < -0.4 is 5.32 Å². The molecule has 3 heterocycles. The molecule has 0 spiro atoms. The van der Waals surface area contributed by atoms with E-state index in [1.165, 1.54) is 34.9 Å². The Bertz CT molecular complexity index is 1490. The lowest BCUT2D eigenvalue weighted by Gasteiger charge is -2.44. The van der Waals surface area contributed by atoms with Crippen molar-refractivity contribution in [3.63, 3.8) is 0 Å². The fourth-order valence-corrected chi connectivity index (χ4v) is 8.67. The number of aliphatic imine (C=N–C) groups is 1. The number of benzene rings is 1. The number of esters is 1. The molecule has 10 nitrogen and oxygen atoms in total. The van der Waals surface area contributed by atoms with Crippen LogP contribution in [-0.2, 0) is 24.3 Å². The monoisotopic (exact) mass is 590 g/mol. The first-order valence-electron chi connectivity index (χ1n) is 13.0. The molecule has 40 heavy (non-hydrogen) atoms. The van der Waals surface area contributed by atoms with E-state index in [9.17, 15) is 27.5 Å². The highest BCUT2D eigenvalue weighted by Gasteiger charge is 2.53. The Morgan fingerprint density at radius 1 is 1.25 bits per heavy atom. The predicted molar refractivity (Wildman–Crippen MR) is 147 cm³/mol. The minimum atomic E-state index is -3.65. The zero-order valence-corrected chi connectivity index (χ0v) is 24.0. The van der Waals surface area contributed by atoms with Gasteiger partial charge in [-0.2, -0.15) is 0 Å². The number of amidine groups is 1. The number of aromatic nitrogens is 1. The summed E-state index contributed by atoms with van der Waals surface area (Å²) in [6.45, 7) is 3.80. The van der Waals surface area contributed by atoms with Gasteiger partial charge in [-0.1, -0.05) is 6.07 Å². The van der Waals surface area contributed by atoms with Gasteiger partial charge in [-0.3, -0.25) is 9.79 Å². The molecule has 0 bridgehead atoms. The molecular weight excluding hydrogens is 559 g/mol. The maximum atomic E-state index is 14.0. The number of aliphatic carboxylic acids is 1. The maximum Gasteiger partial charge on any atom is 0.338 e. The van der Waals surface area contributed by atoms with E-state index in [1.807, 2.05) is 5.38 Å². The van der Waals surface area contributed by atoms with Crippen LogP contribution >= 0.6 is 11.3 Å². The van der Waals surface area contributed by atoms with Gasteiger partial charge in [0, 0.05) is 36.3 Å². The third kappa shape index (κ3) is 5.06. The number of rotatable bonds is 7. The molecule has 1 aromatic heterocycles. The number of aryl methyl sites for hydroxylation is 1. The second-order valence-electron chi connectivity index (χ2n) is 10.8. The second kappa shape index (κ2) is 10.7. The van der Waals surface area contributed by atoms with Gasteiger partial charge in [0.25, 0.3) is 0 Å². The van der Waals surface area contributed by atoms with Crippen molar-refractivity contribution in [2.24, 2.45) is 16.3 Å². The molecule has 0 unspecified atom stereocenters. The number of allylic oxidation sites excluding steroid dienone is 1. The zero-order chi connectivity index (χ0) is 28.8. The first kappa shape index (κ1) is 28.4. The van der Waals surface area contributed by atoms with Crippen molar-refractivity contribution in [2.75, 3.05) is 20.2 Å². The van der Waals surface area contributed by atoms with Gasteiger partial charge in [0.2, 0.25) is 10.0 Å². The Kier molecular flexibility index (Phi) is 7.57. The summed E-state index contributed by atoms with van der Waals surface area (Å²) in [6, 6.07) is 3.57. The van der Waals surface area contributed by atoms with Crippen LogP contribution in [0.5, 0.6) is 0 Å². The van der Waals surface area contributed by atoms with E-state index < -0.39 is 44.5 Å². The number of sulfonamides is 1. The highest BCUT2D eigenvalue weighted by atomic mass is 32.2. The molecule has 0 radical (unpaired) electrons. The van der Waals surface area contributed by atoms with Crippen molar-refractivity contribution < 1.29 is 32.2 Å². The number of piperidine rings is 1. The standard InChI is InChI=1S/C27H31FN4O6S2/c1-15-12-17(28)4-5-19(15)22-20(25(33)38-3)21(30-23(31-22)24-29-8-11-39-24)16-6-9-32(10-7-16)40(36,37)18-13-27(2,14-18)26(34)35/h4-5,8,11-12,16,18,22H,6-7,9-10,13-14H2,1-3H3,(H,30,31)(H,34,35)/t18?,22-,27?/m0/s1. The fourth-order valence-electron chi connectivity index (χ4n) is 5.78. The van der Waals surface area contributed by atoms with Gasteiger partial charge in [-0.05, 0) is 62.8 Å². The Morgan fingerprint density at radius 2 is 1.95 bits per heavy atom. The molecule has 1 aromatic carbocycles. The number of carbonyl (C=O) groups excluding carboxylic acids is 1. The molecule has 214 valence electrons. The summed E-state index contributed by atoms with van der Waals surface area (Å²) in [5.41, 5.74) is 1.17. The molecule has 2 aromatic rings. The first-order chi connectivity index (χ1) is 18.9. The molecule has 1 aliphatic carbocycles. The van der Waals surface area contributed by atoms with Gasteiger partial charge in [0.15, 0.2) is 10.8 Å². The molecule has 1 saturated carbocycles. The van der Waals surface area contributed by atoms with Gasteiger partial charge < -0.3 is 15.2 Å². The maximum absolute atomic E-state index is 14.0. The largest absolute Gasteiger partial charge is 0.481 e. The number of hydrogen-bond donors (Lipinski definition) is 2. The van der Waals surface area contributed by atoms with Crippen molar-refractivity contribution in [3.05, 3.63) is 63.0 Å². The van der Waals surface area contributed by atoms with Crippen molar-refractivity contribution in [1.82, 2.24) is 14.6 Å². The van der Waals surface area contributed by atoms with Gasteiger partial charge in [0.05, 0.1) is 23.3 Å². The summed E-state index contributed by atoms with van der Waals surface area (Å²) >= 11 is 1.38. The molecule has 2 fully saturated rings. The molecule has 13 heteroatoms. The SMILES string of the molecule is COC(=O)C1=C(C2CCN(S(=O)(=O)C3CC(C)(C(=O)O)C3)CC2)NC(c2nccs2)=N[C@H]1c1ccc(F)cc1C. The summed E-state index contributed by atoms with van der Waals surface area (Å²) in [6.07, 6.45) is 2.71. The zero-order valence-electron chi connectivity index (χ0n) is 22.4. The lowest BCUT2D eigenvalue weighted by molar-refractivity contribution is -0.152. The van der Waals surface area contributed by atoms with E-state index in [2.05, 4.69) is 10.3 Å². The number of halogens is 1. The van der Waals surface area contributed by atoms with E-state index in [0.29, 0.717) is 46.1 Å². The second-order valence-corrected chi connectivity index (χ2v) is 13.9. The minimum Gasteiger partial charge on any atom is -0.481 e. The van der Waals surface area contributed by atoms with Crippen LogP contribution in [0.2, 0.25) is 0 Å². The number of carboxylic acids is 1. The highest BCUT2D eigenvalue weighted by Crippen LogP contribution is 2.46. The summed E-state index contributed by atoms with van der Waals surface area (Å²) in [4.78, 5) is 33.9. The number of carbonyl (C=O) groups is 2.